The number of halogens is 2. The number of rotatable bonds is 18. The zero-order valence-electron chi connectivity index (χ0n) is 39.4. The molecule has 4 amide bonds. The Morgan fingerprint density at radius 2 is 1.76 bits per heavy atom. The molecule has 2 aromatic heterocycles. The lowest BCUT2D eigenvalue weighted by Gasteiger charge is -2.38. The first-order valence-corrected chi connectivity index (χ1v) is 25.8. The Morgan fingerprint density at radius 3 is 2.46 bits per heavy atom. The second kappa shape index (κ2) is 21.3. The van der Waals surface area contributed by atoms with Crippen LogP contribution in [0.15, 0.2) is 54.2 Å². The summed E-state index contributed by atoms with van der Waals surface area (Å²) in [5.41, 5.74) is 4.03. The Bertz CT molecular complexity index is 2470. The third-order valence-electron chi connectivity index (χ3n) is 13.8. The van der Waals surface area contributed by atoms with Gasteiger partial charge in [0.25, 0.3) is 11.8 Å². The molecule has 15 nitrogen and oxygen atoms in total. The van der Waals surface area contributed by atoms with Crippen LogP contribution in [0.5, 0.6) is 5.75 Å². The molecule has 4 N–H and O–H groups in total. The highest BCUT2D eigenvalue weighted by atomic mass is 35.5. The van der Waals surface area contributed by atoms with Gasteiger partial charge in [0.15, 0.2) is 5.67 Å². The first-order valence-electron chi connectivity index (χ1n) is 23.5. The molecule has 2 saturated carbocycles. The second-order valence-electron chi connectivity index (χ2n) is 19.0. The molecule has 19 heteroatoms. The smallest absolute Gasteiger partial charge is 0.258 e. The van der Waals surface area contributed by atoms with Crippen LogP contribution in [0.4, 0.5) is 21.8 Å². The SMILES string of the molecule is CNc1nc(Nc2ccc(C(=O)N3CCN(CC4CC[C@H](CSC(C)(C)C(NC(=O)C5(F)CC5)C(=O)N5CCC[C@H]5C(=O)NCc5ccc(-c6scnc6C)cc5)C4)CC3)cc2OC)ncc1Cl. The normalized spacial score (nSPS) is 20.7. The number of piperazine rings is 1. The van der Waals surface area contributed by atoms with Gasteiger partial charge in [0.05, 0.1) is 35.1 Å². The van der Waals surface area contributed by atoms with E-state index in [1.807, 2.05) is 55.4 Å². The van der Waals surface area contributed by atoms with Gasteiger partial charge >= 0.3 is 0 Å². The number of thioether (sulfide) groups is 1. The van der Waals surface area contributed by atoms with E-state index >= 15 is 4.39 Å². The number of alkyl halides is 1. The highest BCUT2D eigenvalue weighted by molar-refractivity contribution is 8.00. The van der Waals surface area contributed by atoms with Crippen molar-refractivity contribution in [3.8, 4) is 16.2 Å². The summed E-state index contributed by atoms with van der Waals surface area (Å²) in [4.78, 5) is 75.1. The summed E-state index contributed by atoms with van der Waals surface area (Å²) in [5.74, 6) is 1.66. The topological polar surface area (TPSA) is 174 Å². The monoisotopic (exact) mass is 988 g/mol. The summed E-state index contributed by atoms with van der Waals surface area (Å²) >= 11 is 9.37. The number of amides is 4. The fraction of sp³-hybridized carbons (Fsp3) is 0.531. The molecule has 4 aromatic rings. The highest BCUT2D eigenvalue weighted by Crippen LogP contribution is 2.42. The maximum Gasteiger partial charge on any atom is 0.258 e. The van der Waals surface area contributed by atoms with Crippen LogP contribution in [0.3, 0.4) is 0 Å². The van der Waals surface area contributed by atoms with Crippen LogP contribution in [0.1, 0.15) is 80.4 Å². The zero-order chi connectivity index (χ0) is 48.2. The predicted molar refractivity (Wildman–Crippen MR) is 266 cm³/mol. The standard InChI is InChI=1S/C49H62ClFN10O5S2/c1-30-40(67-29-55-30)34-12-10-31(11-13-34)25-53-43(62)38-7-6-18-61(38)45(64)41(57-46(65)49(51)16-17-49)48(2,3)68-28-33-9-8-32(23-33)27-59-19-21-60(22-20-59)44(63)35-14-15-37(39(24-35)66-5)56-47-54-26-36(50)42(52-4)58-47/h10-15,24,26,29,32-33,38,41H,6-9,16-23,25,27-28H2,1-5H3,(H,53,62)(H,57,65)(H2,52,54,56,58)/t32?,33-,38-,41?/m0/s1. The van der Waals surface area contributed by atoms with Crippen LogP contribution in [0, 0.1) is 18.8 Å². The number of nitrogens with zero attached hydrogens (tertiary/aromatic N) is 6. The minimum Gasteiger partial charge on any atom is -0.495 e. The van der Waals surface area contributed by atoms with E-state index in [0.29, 0.717) is 84.6 Å². The number of carbonyl (C=O) groups is 4. The van der Waals surface area contributed by atoms with Gasteiger partial charge in [0.2, 0.25) is 17.8 Å². The molecule has 2 aliphatic heterocycles. The fourth-order valence-electron chi connectivity index (χ4n) is 9.50. The number of likely N-dealkylation sites (tertiary alicyclic amines) is 1. The molecule has 2 aliphatic carbocycles. The number of hydrogen-bond acceptors (Lipinski definition) is 13. The summed E-state index contributed by atoms with van der Waals surface area (Å²) in [6.07, 6.45) is 6.15. The molecular weight excluding hydrogens is 927 g/mol. The molecule has 4 atom stereocenters. The van der Waals surface area contributed by atoms with E-state index in [9.17, 15) is 19.2 Å². The van der Waals surface area contributed by atoms with Gasteiger partial charge in [-0.25, -0.2) is 14.4 Å². The van der Waals surface area contributed by atoms with E-state index < -0.39 is 28.4 Å². The molecule has 2 saturated heterocycles. The lowest BCUT2D eigenvalue weighted by molar-refractivity contribution is -0.143. The molecule has 0 bridgehead atoms. The minimum atomic E-state index is -1.95. The molecule has 68 heavy (non-hydrogen) atoms. The number of methoxy groups -OCH3 is 1. The molecule has 4 heterocycles. The van der Waals surface area contributed by atoms with Crippen LogP contribution in [0.2, 0.25) is 5.02 Å². The van der Waals surface area contributed by atoms with Gasteiger partial charge in [-0.05, 0) is 113 Å². The number of carbonyl (C=O) groups excluding carboxylic acids is 4. The summed E-state index contributed by atoms with van der Waals surface area (Å²) in [5, 5.41) is 12.4. The first kappa shape index (κ1) is 49.4. The van der Waals surface area contributed by atoms with Crippen LogP contribution < -0.4 is 26.0 Å². The van der Waals surface area contributed by atoms with Crippen molar-refractivity contribution in [3.05, 3.63) is 76.0 Å². The number of ether oxygens (including phenoxy) is 1. The zero-order valence-corrected chi connectivity index (χ0v) is 41.8. The lowest BCUT2D eigenvalue weighted by Crippen LogP contribution is -2.61. The van der Waals surface area contributed by atoms with Crippen molar-refractivity contribution in [2.24, 2.45) is 11.8 Å². The van der Waals surface area contributed by atoms with Crippen LogP contribution >= 0.6 is 34.7 Å². The van der Waals surface area contributed by atoms with Gasteiger partial charge in [0.1, 0.15) is 28.7 Å². The molecule has 0 radical (unpaired) electrons. The van der Waals surface area contributed by atoms with E-state index in [1.165, 1.54) is 6.20 Å². The maximum atomic E-state index is 15.2. The van der Waals surface area contributed by atoms with Crippen molar-refractivity contribution >= 4 is 75.8 Å². The van der Waals surface area contributed by atoms with E-state index in [2.05, 4.69) is 41.1 Å². The Labute approximate surface area is 411 Å². The number of thiazole rings is 1. The van der Waals surface area contributed by atoms with E-state index in [4.69, 9.17) is 16.3 Å². The number of anilines is 3. The van der Waals surface area contributed by atoms with Crippen molar-refractivity contribution in [2.75, 3.05) is 69.8 Å². The predicted octanol–water partition coefficient (Wildman–Crippen LogP) is 7.34. The molecule has 4 aliphatic rings. The van der Waals surface area contributed by atoms with Crippen molar-refractivity contribution in [1.29, 1.82) is 0 Å². The summed E-state index contributed by atoms with van der Waals surface area (Å²) in [6, 6.07) is 11.6. The summed E-state index contributed by atoms with van der Waals surface area (Å²) < 4.78 is 20.0. The van der Waals surface area contributed by atoms with Crippen molar-refractivity contribution in [2.45, 2.75) is 94.8 Å². The number of aryl methyl sites for hydroxylation is 1. The minimum absolute atomic E-state index is 0.0501. The number of hydrogen-bond donors (Lipinski definition) is 4. The fourth-order valence-corrected chi connectivity index (χ4v) is 11.8. The van der Waals surface area contributed by atoms with Crippen molar-refractivity contribution in [3.63, 3.8) is 0 Å². The average molecular weight is 990 g/mol. The largest absolute Gasteiger partial charge is 0.495 e. The van der Waals surface area contributed by atoms with E-state index in [-0.39, 0.29) is 30.6 Å². The molecule has 2 aromatic carbocycles. The maximum absolute atomic E-state index is 15.2. The van der Waals surface area contributed by atoms with Gasteiger partial charge in [-0.15, -0.1) is 11.3 Å². The third-order valence-corrected chi connectivity index (χ3v) is 16.6. The molecule has 0 spiro atoms. The molecule has 2 unspecified atom stereocenters. The third kappa shape index (κ3) is 11.5. The van der Waals surface area contributed by atoms with Crippen molar-refractivity contribution in [1.82, 2.24) is 40.3 Å². The Balaban J connectivity index is 0.815. The van der Waals surface area contributed by atoms with Crippen LogP contribution in [-0.4, -0.2) is 135 Å². The molecular formula is C49H62ClFN10O5S2. The number of nitrogens with one attached hydrogen (secondary N) is 4. The number of benzene rings is 2. The highest BCUT2D eigenvalue weighted by Gasteiger charge is 2.54. The summed E-state index contributed by atoms with van der Waals surface area (Å²) in [7, 11) is 3.28. The average Bonchev–Trinajstić information content (AvgIpc) is 3.68. The molecule has 4 fully saturated rings. The van der Waals surface area contributed by atoms with Gasteiger partial charge in [-0.1, -0.05) is 35.9 Å². The van der Waals surface area contributed by atoms with Gasteiger partial charge < -0.3 is 35.8 Å². The molecule has 364 valence electrons. The number of aromatic nitrogens is 3. The first-order chi connectivity index (χ1) is 32.6. The second-order valence-corrected chi connectivity index (χ2v) is 21.9. The lowest BCUT2D eigenvalue weighted by atomic mass is 10.00. The summed E-state index contributed by atoms with van der Waals surface area (Å²) in [6.45, 7) is 10.3. The van der Waals surface area contributed by atoms with Gasteiger partial charge in [-0.2, -0.15) is 16.7 Å². The van der Waals surface area contributed by atoms with Gasteiger partial charge in [0, 0.05) is 63.2 Å². The Hall–Kier alpha value is -5.04. The Morgan fingerprint density at radius 1 is 1.01 bits per heavy atom. The van der Waals surface area contributed by atoms with Crippen LogP contribution in [-0.2, 0) is 20.9 Å². The van der Waals surface area contributed by atoms with Crippen molar-refractivity contribution < 1.29 is 28.3 Å². The Kier molecular flexibility index (Phi) is 15.5. The molecule has 8 rings (SSSR count). The van der Waals surface area contributed by atoms with E-state index in [1.54, 1.807) is 60.4 Å². The van der Waals surface area contributed by atoms with Gasteiger partial charge in [-0.3, -0.25) is 24.1 Å². The van der Waals surface area contributed by atoms with Crippen LogP contribution in [0.25, 0.3) is 10.4 Å². The van der Waals surface area contributed by atoms with E-state index in [0.717, 1.165) is 66.3 Å². The quantitative estimate of drug-likeness (QED) is 0.0783.